The molecule has 3 aromatic rings. The monoisotopic (exact) mass is 508 g/mol. The van der Waals surface area contributed by atoms with Crippen molar-refractivity contribution >= 4 is 41.8 Å². The number of carbonyl (C=O) groups excluding carboxylic acids is 1. The van der Waals surface area contributed by atoms with E-state index in [0.717, 1.165) is 32.6 Å². The van der Waals surface area contributed by atoms with Crippen LogP contribution in [0.15, 0.2) is 36.7 Å². The molecule has 0 bridgehead atoms. The maximum atomic E-state index is 12.9. The van der Waals surface area contributed by atoms with E-state index in [4.69, 9.17) is 0 Å². The third kappa shape index (κ3) is 5.05. The van der Waals surface area contributed by atoms with Gasteiger partial charge in [0.25, 0.3) is 0 Å². The molecule has 0 atom stereocenters. The Labute approximate surface area is 187 Å². The summed E-state index contributed by atoms with van der Waals surface area (Å²) >= 11 is 0.545. The van der Waals surface area contributed by atoms with E-state index in [2.05, 4.69) is 15.0 Å². The third-order valence-electron chi connectivity index (χ3n) is 5.05. The zero-order valence-electron chi connectivity index (χ0n) is 16.5. The summed E-state index contributed by atoms with van der Waals surface area (Å²) in [5, 5.41) is 11.5. The van der Waals surface area contributed by atoms with E-state index in [1.807, 2.05) is 25.1 Å². The van der Waals surface area contributed by atoms with Crippen LogP contribution in [0.5, 0.6) is 0 Å². The first-order chi connectivity index (χ1) is 14.6. The van der Waals surface area contributed by atoms with Gasteiger partial charge >= 0.3 is 188 Å². The summed E-state index contributed by atoms with van der Waals surface area (Å²) in [6, 6.07) is 6.69. The van der Waals surface area contributed by atoms with E-state index in [1.54, 1.807) is 6.20 Å². The first-order valence-electron chi connectivity index (χ1n) is 9.57. The molecule has 0 spiro atoms. The minimum absolute atomic E-state index is 0.157. The molecule has 1 saturated carbocycles. The molecule has 0 unspecified atom stereocenters. The van der Waals surface area contributed by atoms with Crippen LogP contribution in [0.25, 0.3) is 10.4 Å². The zero-order valence-corrected chi connectivity index (χ0v) is 19.2. The molecule has 2 aromatic heterocycles. The Bertz CT molecular complexity index is 1120. The molecule has 1 aromatic carbocycles. The van der Waals surface area contributed by atoms with Gasteiger partial charge in [0.15, 0.2) is 0 Å². The SMILES string of the molecule is Cc1cc([As]c2nccc(C(F)(F)F)n2)cc(-c2cnc(C3(O)CCC(=O)CC3)s2)c1. The topological polar surface area (TPSA) is 76.0 Å². The molecule has 2 heterocycles. The van der Waals surface area contributed by atoms with Crippen molar-refractivity contribution in [2.45, 2.75) is 44.4 Å². The van der Waals surface area contributed by atoms with Crippen molar-refractivity contribution < 1.29 is 23.1 Å². The Kier molecular flexibility index (Phi) is 6.03. The number of aryl methyl sites for hydroxylation is 1. The fourth-order valence-corrected chi connectivity index (χ4v) is 6.54. The van der Waals surface area contributed by atoms with Gasteiger partial charge in [0.2, 0.25) is 0 Å². The molecular weight excluding hydrogens is 490 g/mol. The van der Waals surface area contributed by atoms with Gasteiger partial charge in [-0.15, -0.1) is 0 Å². The number of halogens is 3. The number of hydrogen-bond acceptors (Lipinski definition) is 6. The second-order valence-electron chi connectivity index (χ2n) is 7.51. The van der Waals surface area contributed by atoms with E-state index in [9.17, 15) is 23.1 Å². The Morgan fingerprint density at radius 3 is 2.61 bits per heavy atom. The van der Waals surface area contributed by atoms with Gasteiger partial charge in [-0.2, -0.15) is 0 Å². The molecule has 5 nitrogen and oxygen atoms in total. The number of thiazole rings is 1. The molecule has 10 heteroatoms. The van der Waals surface area contributed by atoms with Gasteiger partial charge in [-0.3, -0.25) is 0 Å². The number of rotatable bonds is 4. The van der Waals surface area contributed by atoms with E-state index >= 15 is 0 Å². The van der Waals surface area contributed by atoms with Gasteiger partial charge in [-0.05, 0) is 0 Å². The molecule has 1 fully saturated rings. The van der Waals surface area contributed by atoms with Crippen LogP contribution in [-0.2, 0) is 16.6 Å². The van der Waals surface area contributed by atoms with E-state index in [-0.39, 0.29) is 10.4 Å². The molecule has 0 amide bonds. The molecule has 1 N–H and O–H groups in total. The average Bonchev–Trinajstić information content (AvgIpc) is 3.21. The summed E-state index contributed by atoms with van der Waals surface area (Å²) in [7, 11) is 0. The molecule has 31 heavy (non-hydrogen) atoms. The molecule has 4 rings (SSSR count). The second-order valence-corrected chi connectivity index (χ2v) is 10.9. The molecule has 1 aliphatic carbocycles. The van der Waals surface area contributed by atoms with Gasteiger partial charge in [-0.1, -0.05) is 0 Å². The third-order valence-corrected chi connectivity index (χ3v) is 8.24. The predicted molar refractivity (Wildman–Crippen MR) is 112 cm³/mol. The van der Waals surface area contributed by atoms with Crippen LogP contribution in [0.2, 0.25) is 0 Å². The average molecular weight is 508 g/mol. The summed E-state index contributed by atoms with van der Waals surface area (Å²) < 4.78 is 39.9. The first-order valence-corrected chi connectivity index (χ1v) is 12.3. The Morgan fingerprint density at radius 2 is 1.90 bits per heavy atom. The van der Waals surface area contributed by atoms with Gasteiger partial charge in [0.05, 0.1) is 0 Å². The predicted octanol–water partition coefficient (Wildman–Crippen LogP) is 2.91. The number of ketones is 1. The van der Waals surface area contributed by atoms with Crippen molar-refractivity contribution in [1.82, 2.24) is 15.0 Å². The molecule has 0 saturated heterocycles. The van der Waals surface area contributed by atoms with Crippen molar-refractivity contribution in [1.29, 1.82) is 0 Å². The number of hydrogen-bond donors (Lipinski definition) is 1. The van der Waals surface area contributed by atoms with E-state index in [1.165, 1.54) is 11.3 Å². The quantitative estimate of drug-likeness (QED) is 0.549. The number of aliphatic hydroxyl groups is 1. The van der Waals surface area contributed by atoms with Crippen LogP contribution < -0.4 is 8.96 Å². The maximum absolute atomic E-state index is 12.9. The van der Waals surface area contributed by atoms with Crippen LogP contribution in [0.4, 0.5) is 13.2 Å². The summed E-state index contributed by atoms with van der Waals surface area (Å²) in [4.78, 5) is 24.5. The normalized spacial score (nSPS) is 16.9. The number of alkyl halides is 3. The summed E-state index contributed by atoms with van der Waals surface area (Å²) in [6.45, 7) is 1.92. The van der Waals surface area contributed by atoms with Crippen LogP contribution in [0, 0.1) is 6.92 Å². The summed E-state index contributed by atoms with van der Waals surface area (Å²) in [5.74, 6) is 0.157. The van der Waals surface area contributed by atoms with Gasteiger partial charge < -0.3 is 0 Å². The number of aromatic nitrogens is 3. The molecule has 0 aliphatic heterocycles. The molecular formula is C21H18AsF3N3O2S. The number of Topliss-reactive ketones (excluding diaryl/α,β-unsaturated/α-hetero) is 1. The number of carbonyl (C=O) groups is 1. The van der Waals surface area contributed by atoms with Crippen LogP contribution in [0.1, 0.15) is 41.9 Å². The first kappa shape index (κ1) is 22.1. The number of nitrogens with zero attached hydrogens (tertiary/aromatic N) is 3. The van der Waals surface area contributed by atoms with Gasteiger partial charge in [0.1, 0.15) is 0 Å². The summed E-state index contributed by atoms with van der Waals surface area (Å²) in [5.41, 5.74) is -0.170. The standard InChI is InChI=1S/C21H18AsF3N3O2S/c1-12-8-13(16-11-27-18(31-16)20(30)5-2-15(29)3-6-20)10-14(9-12)22-19-26-7-4-17(28-19)21(23,24)25/h4,7-11,30H,2-3,5-6H2,1H3. The second kappa shape index (κ2) is 8.45. The number of benzene rings is 1. The van der Waals surface area contributed by atoms with Crippen molar-refractivity contribution in [2.75, 3.05) is 0 Å². The molecule has 1 radical (unpaired) electrons. The van der Waals surface area contributed by atoms with Gasteiger partial charge in [0, 0.05) is 0 Å². The zero-order chi connectivity index (χ0) is 22.2. The van der Waals surface area contributed by atoms with E-state index < -0.39 is 33.2 Å². The summed E-state index contributed by atoms with van der Waals surface area (Å²) in [6.07, 6.45) is -0.223. The van der Waals surface area contributed by atoms with Crippen molar-refractivity contribution in [3.8, 4) is 10.4 Å². The van der Waals surface area contributed by atoms with E-state index in [0.29, 0.717) is 30.7 Å². The van der Waals surface area contributed by atoms with Crippen LogP contribution >= 0.6 is 11.3 Å². The molecule has 161 valence electrons. The fourth-order valence-electron chi connectivity index (χ4n) is 3.42. The Morgan fingerprint density at radius 1 is 1.16 bits per heavy atom. The Balaban J connectivity index is 1.59. The van der Waals surface area contributed by atoms with Crippen molar-refractivity contribution in [2.24, 2.45) is 0 Å². The van der Waals surface area contributed by atoms with Crippen LogP contribution in [0.3, 0.4) is 0 Å². The van der Waals surface area contributed by atoms with Crippen molar-refractivity contribution in [3.63, 3.8) is 0 Å². The molecule has 1 aliphatic rings. The van der Waals surface area contributed by atoms with Crippen LogP contribution in [-0.4, -0.2) is 41.6 Å². The van der Waals surface area contributed by atoms with Gasteiger partial charge in [-0.25, -0.2) is 0 Å². The fraction of sp³-hybridized carbons (Fsp3) is 0.333. The Hall–Kier alpha value is -2.09. The van der Waals surface area contributed by atoms with Crippen molar-refractivity contribution in [3.05, 3.63) is 52.9 Å². The minimum atomic E-state index is -4.50.